The molecule has 0 amide bonds. The van der Waals surface area contributed by atoms with Gasteiger partial charge in [0.05, 0.1) is 12.2 Å². The van der Waals surface area contributed by atoms with Gasteiger partial charge in [-0.3, -0.25) is 4.79 Å². The fourth-order valence-corrected chi connectivity index (χ4v) is 1.28. The monoisotopic (exact) mass is 208 g/mol. The van der Waals surface area contributed by atoms with E-state index in [1.165, 1.54) is 6.92 Å². The van der Waals surface area contributed by atoms with Gasteiger partial charge in [-0.25, -0.2) is 0 Å². The highest BCUT2D eigenvalue weighted by Crippen LogP contribution is 2.20. The van der Waals surface area contributed by atoms with E-state index in [9.17, 15) is 4.79 Å². The summed E-state index contributed by atoms with van der Waals surface area (Å²) in [6, 6.07) is 5.58. The summed E-state index contributed by atoms with van der Waals surface area (Å²) < 4.78 is 10.3. The summed E-state index contributed by atoms with van der Waals surface area (Å²) in [6.45, 7) is 4.47. The summed E-state index contributed by atoms with van der Waals surface area (Å²) in [4.78, 5) is 11.3. The lowest BCUT2D eigenvalue weighted by molar-refractivity contribution is 0.100. The highest BCUT2D eigenvalue weighted by molar-refractivity contribution is 5.97. The van der Waals surface area contributed by atoms with E-state index in [2.05, 4.69) is 0 Å². The molecule has 0 spiro atoms. The van der Waals surface area contributed by atoms with E-state index in [1.807, 2.05) is 25.1 Å². The molecule has 3 heteroatoms. The van der Waals surface area contributed by atoms with E-state index >= 15 is 0 Å². The third kappa shape index (κ3) is 3.36. The molecule has 0 atom stereocenters. The van der Waals surface area contributed by atoms with Crippen molar-refractivity contribution in [2.24, 2.45) is 0 Å². The van der Waals surface area contributed by atoms with Gasteiger partial charge in [-0.1, -0.05) is 11.6 Å². The number of methoxy groups -OCH3 is 1. The number of Topliss-reactive ketones (excluding diaryl/α,β-unsaturated/α-hetero) is 1. The minimum atomic E-state index is 0.0196. The summed E-state index contributed by atoms with van der Waals surface area (Å²) in [6.07, 6.45) is 0. The van der Waals surface area contributed by atoms with Crippen LogP contribution in [0, 0.1) is 6.92 Å². The number of aryl methyl sites for hydroxylation is 1. The van der Waals surface area contributed by atoms with Crippen LogP contribution in [0.3, 0.4) is 0 Å². The third-order valence-electron chi connectivity index (χ3n) is 2.06. The second-order valence-corrected chi connectivity index (χ2v) is 3.40. The summed E-state index contributed by atoms with van der Waals surface area (Å²) >= 11 is 0. The van der Waals surface area contributed by atoms with E-state index in [0.29, 0.717) is 24.5 Å². The summed E-state index contributed by atoms with van der Waals surface area (Å²) in [5.41, 5.74) is 1.69. The summed E-state index contributed by atoms with van der Waals surface area (Å²) in [5, 5.41) is 0. The highest BCUT2D eigenvalue weighted by atomic mass is 16.5. The molecule has 0 saturated carbocycles. The predicted octanol–water partition coefficient (Wildman–Crippen LogP) is 2.22. The van der Waals surface area contributed by atoms with Crippen LogP contribution in [0.1, 0.15) is 22.8 Å². The number of ether oxygens (including phenoxy) is 2. The minimum absolute atomic E-state index is 0.0196. The first kappa shape index (κ1) is 11.7. The summed E-state index contributed by atoms with van der Waals surface area (Å²) in [5.74, 6) is 0.649. The number of ketones is 1. The number of hydrogen-bond acceptors (Lipinski definition) is 3. The van der Waals surface area contributed by atoms with Crippen molar-refractivity contribution in [1.29, 1.82) is 0 Å². The van der Waals surface area contributed by atoms with Gasteiger partial charge < -0.3 is 9.47 Å². The Morgan fingerprint density at radius 2 is 2.07 bits per heavy atom. The lowest BCUT2D eigenvalue weighted by atomic mass is 10.1. The molecule has 0 radical (unpaired) electrons. The molecule has 0 aliphatic heterocycles. The Kier molecular flexibility index (Phi) is 4.31. The van der Waals surface area contributed by atoms with Crippen molar-refractivity contribution in [2.75, 3.05) is 20.3 Å². The SMILES string of the molecule is COCCOc1ccc(C)cc1C(C)=O. The van der Waals surface area contributed by atoms with Gasteiger partial charge in [-0.05, 0) is 26.0 Å². The topological polar surface area (TPSA) is 35.5 Å². The lowest BCUT2D eigenvalue weighted by Gasteiger charge is -2.09. The molecule has 0 saturated heterocycles. The predicted molar refractivity (Wildman–Crippen MR) is 58.6 cm³/mol. The molecule has 0 fully saturated rings. The van der Waals surface area contributed by atoms with E-state index in [4.69, 9.17) is 9.47 Å². The Balaban J connectivity index is 2.81. The zero-order valence-electron chi connectivity index (χ0n) is 9.37. The normalized spacial score (nSPS) is 10.1. The quantitative estimate of drug-likeness (QED) is 0.550. The molecule has 0 aliphatic rings. The molecule has 3 nitrogen and oxygen atoms in total. The molecular weight excluding hydrogens is 192 g/mol. The minimum Gasteiger partial charge on any atom is -0.490 e. The second kappa shape index (κ2) is 5.51. The van der Waals surface area contributed by atoms with Gasteiger partial charge in [0.1, 0.15) is 12.4 Å². The molecule has 0 bridgehead atoms. The van der Waals surface area contributed by atoms with Crippen LogP contribution in [-0.4, -0.2) is 26.1 Å². The molecule has 82 valence electrons. The largest absolute Gasteiger partial charge is 0.490 e. The van der Waals surface area contributed by atoms with Gasteiger partial charge in [0.15, 0.2) is 5.78 Å². The van der Waals surface area contributed by atoms with E-state index < -0.39 is 0 Å². The van der Waals surface area contributed by atoms with Gasteiger partial charge in [0.25, 0.3) is 0 Å². The van der Waals surface area contributed by atoms with Crippen molar-refractivity contribution >= 4 is 5.78 Å². The van der Waals surface area contributed by atoms with Gasteiger partial charge in [0, 0.05) is 7.11 Å². The van der Waals surface area contributed by atoms with Crippen LogP contribution in [0.25, 0.3) is 0 Å². The Morgan fingerprint density at radius 1 is 1.33 bits per heavy atom. The molecule has 15 heavy (non-hydrogen) atoms. The van der Waals surface area contributed by atoms with Gasteiger partial charge in [0.2, 0.25) is 0 Å². The van der Waals surface area contributed by atoms with Crippen LogP contribution >= 0.6 is 0 Å². The van der Waals surface area contributed by atoms with Crippen LogP contribution in [0.5, 0.6) is 5.75 Å². The van der Waals surface area contributed by atoms with E-state index in [1.54, 1.807) is 7.11 Å². The van der Waals surface area contributed by atoms with Gasteiger partial charge in [-0.2, -0.15) is 0 Å². The number of carbonyl (C=O) groups excluding carboxylic acids is 1. The first-order valence-corrected chi connectivity index (χ1v) is 4.88. The van der Waals surface area contributed by atoms with E-state index in [-0.39, 0.29) is 5.78 Å². The molecule has 0 aliphatic carbocycles. The molecule has 1 aromatic rings. The zero-order chi connectivity index (χ0) is 11.3. The highest BCUT2D eigenvalue weighted by Gasteiger charge is 2.08. The van der Waals surface area contributed by atoms with E-state index in [0.717, 1.165) is 5.56 Å². The van der Waals surface area contributed by atoms with Gasteiger partial charge in [-0.15, -0.1) is 0 Å². The molecule has 1 aromatic carbocycles. The number of hydrogen-bond donors (Lipinski definition) is 0. The average Bonchev–Trinajstić information content (AvgIpc) is 2.20. The fraction of sp³-hybridized carbons (Fsp3) is 0.417. The van der Waals surface area contributed by atoms with Crippen molar-refractivity contribution in [2.45, 2.75) is 13.8 Å². The Bertz CT molecular complexity index is 345. The molecule has 0 N–H and O–H groups in total. The third-order valence-corrected chi connectivity index (χ3v) is 2.06. The van der Waals surface area contributed by atoms with Crippen LogP contribution in [0.15, 0.2) is 18.2 Å². The average molecular weight is 208 g/mol. The van der Waals surface area contributed by atoms with Gasteiger partial charge >= 0.3 is 0 Å². The van der Waals surface area contributed by atoms with Crippen molar-refractivity contribution < 1.29 is 14.3 Å². The van der Waals surface area contributed by atoms with Crippen molar-refractivity contribution in [3.8, 4) is 5.75 Å². The first-order valence-electron chi connectivity index (χ1n) is 4.88. The molecule has 0 heterocycles. The first-order chi connectivity index (χ1) is 7.15. The molecule has 0 unspecified atom stereocenters. The molecule has 1 rings (SSSR count). The fourth-order valence-electron chi connectivity index (χ4n) is 1.28. The Hall–Kier alpha value is -1.35. The number of benzene rings is 1. The standard InChI is InChI=1S/C12H16O3/c1-9-4-5-12(15-7-6-14-3)11(8-9)10(2)13/h4-5,8H,6-7H2,1-3H3. The molecular formula is C12H16O3. The number of carbonyl (C=O) groups is 1. The maximum atomic E-state index is 11.3. The zero-order valence-corrected chi connectivity index (χ0v) is 9.37. The number of rotatable bonds is 5. The van der Waals surface area contributed by atoms with Crippen LogP contribution in [-0.2, 0) is 4.74 Å². The van der Waals surface area contributed by atoms with Crippen molar-refractivity contribution in [3.63, 3.8) is 0 Å². The second-order valence-electron chi connectivity index (χ2n) is 3.40. The van der Waals surface area contributed by atoms with Crippen LogP contribution in [0.2, 0.25) is 0 Å². The molecule has 0 aromatic heterocycles. The van der Waals surface area contributed by atoms with Crippen molar-refractivity contribution in [3.05, 3.63) is 29.3 Å². The van der Waals surface area contributed by atoms with Crippen molar-refractivity contribution in [1.82, 2.24) is 0 Å². The lowest BCUT2D eigenvalue weighted by Crippen LogP contribution is -2.07. The van der Waals surface area contributed by atoms with Crippen LogP contribution in [0.4, 0.5) is 0 Å². The summed E-state index contributed by atoms with van der Waals surface area (Å²) in [7, 11) is 1.62. The maximum absolute atomic E-state index is 11.3. The van der Waals surface area contributed by atoms with Crippen LogP contribution < -0.4 is 4.74 Å². The smallest absolute Gasteiger partial charge is 0.163 e. The Morgan fingerprint density at radius 3 is 2.67 bits per heavy atom. The Labute approximate surface area is 90.0 Å². The maximum Gasteiger partial charge on any atom is 0.163 e.